The minimum atomic E-state index is 0.121. The molecule has 2 heteroatoms. The van der Waals surface area contributed by atoms with Gasteiger partial charge >= 0.3 is 0 Å². The summed E-state index contributed by atoms with van der Waals surface area (Å²) in [5.74, 6) is 2.02. The number of hydrogen-bond donors (Lipinski definition) is 0. The van der Waals surface area contributed by atoms with E-state index in [1.54, 1.807) is 0 Å². The van der Waals surface area contributed by atoms with Crippen molar-refractivity contribution in [3.05, 3.63) is 35.8 Å². The van der Waals surface area contributed by atoms with Gasteiger partial charge in [-0.15, -0.1) is 5.98 Å². The van der Waals surface area contributed by atoms with Gasteiger partial charge in [0.1, 0.15) is 0 Å². The molecule has 44 valence electrons. The fourth-order valence-corrected chi connectivity index (χ4v) is 1.28. The van der Waals surface area contributed by atoms with E-state index in [9.17, 15) is 0 Å². The molecule has 0 saturated carbocycles. The molecule has 0 saturated heterocycles. The van der Waals surface area contributed by atoms with Crippen LogP contribution in [0.4, 0.5) is 0 Å². The molecule has 10 heavy (non-hydrogen) atoms. The Bertz CT molecular complexity index is 278. The number of benzene rings is 1. The van der Waals surface area contributed by atoms with Crippen LogP contribution in [0, 0.1) is 0 Å². The third kappa shape index (κ3) is 0.722. The Morgan fingerprint density at radius 3 is 2.80 bits per heavy atom. The van der Waals surface area contributed by atoms with E-state index in [0.717, 1.165) is 0 Å². The second kappa shape index (κ2) is 2.05. The van der Waals surface area contributed by atoms with Crippen molar-refractivity contribution in [3.8, 4) is 0 Å². The van der Waals surface area contributed by atoms with E-state index in [0.29, 0.717) is 0 Å². The van der Waals surface area contributed by atoms with Crippen LogP contribution in [-0.4, -0.2) is 14.3 Å². The zero-order valence-electron chi connectivity index (χ0n) is 5.62. The summed E-state index contributed by atoms with van der Waals surface area (Å²) >= 11 is 0. The third-order valence-electron chi connectivity index (χ3n) is 1.84. The van der Waals surface area contributed by atoms with Crippen molar-refractivity contribution in [2.75, 3.05) is 0 Å². The lowest BCUT2D eigenvalue weighted by Crippen LogP contribution is -2.26. The van der Waals surface area contributed by atoms with E-state index in [-0.39, 0.29) is 6.60 Å². The summed E-state index contributed by atoms with van der Waals surface area (Å²) in [6.45, 7) is 0.121. The maximum atomic E-state index is 5.76. The molecule has 1 aliphatic rings. The first kappa shape index (κ1) is 5.84. The molecule has 0 N–H and O–H groups in total. The Labute approximate surface area is 62.4 Å². The summed E-state index contributed by atoms with van der Waals surface area (Å²) in [6, 6.07) is 8.20. The molecule has 0 bridgehead atoms. The second-order valence-corrected chi connectivity index (χ2v) is 2.51. The van der Waals surface area contributed by atoms with Crippen LogP contribution in [-0.2, 0) is 0 Å². The molecule has 0 amide bonds. The average molecular weight is 124 g/mol. The van der Waals surface area contributed by atoms with Gasteiger partial charge in [-0.3, -0.25) is 0 Å². The zero-order valence-corrected chi connectivity index (χ0v) is 5.62. The highest BCUT2D eigenvalue weighted by Crippen LogP contribution is 2.06. The SMILES string of the molecule is [B]B1C=Cc2ccccc21. The Kier molecular flexibility index (Phi) is 1.20. The van der Waals surface area contributed by atoms with Crippen LogP contribution >= 0.6 is 0 Å². The van der Waals surface area contributed by atoms with Crippen molar-refractivity contribution in [3.63, 3.8) is 0 Å². The Morgan fingerprint density at radius 2 is 2.00 bits per heavy atom. The summed E-state index contributed by atoms with van der Waals surface area (Å²) < 4.78 is 0. The molecule has 0 atom stereocenters. The number of fused-ring (bicyclic) bond motifs is 1. The Hall–Kier alpha value is -0.910. The summed E-state index contributed by atoms with van der Waals surface area (Å²) in [7, 11) is 5.76. The number of hydrogen-bond acceptors (Lipinski definition) is 0. The summed E-state index contributed by atoms with van der Waals surface area (Å²) in [6.07, 6.45) is 2.07. The highest BCUT2D eigenvalue weighted by molar-refractivity contribution is 7.15. The maximum Gasteiger partial charge on any atom is 0.152 e. The second-order valence-electron chi connectivity index (χ2n) is 2.51. The van der Waals surface area contributed by atoms with Crippen molar-refractivity contribution < 1.29 is 0 Å². The van der Waals surface area contributed by atoms with Crippen molar-refractivity contribution in [2.24, 2.45) is 0 Å². The van der Waals surface area contributed by atoms with E-state index in [2.05, 4.69) is 18.2 Å². The lowest BCUT2D eigenvalue weighted by molar-refractivity contribution is 1.73. The molecule has 0 aromatic heterocycles. The highest BCUT2D eigenvalue weighted by atomic mass is 14.0. The number of rotatable bonds is 0. The van der Waals surface area contributed by atoms with Gasteiger partial charge in [-0.2, -0.15) is 0 Å². The molecule has 0 fully saturated rings. The van der Waals surface area contributed by atoms with Gasteiger partial charge in [-0.25, -0.2) is 0 Å². The van der Waals surface area contributed by atoms with Crippen molar-refractivity contribution in [1.29, 1.82) is 0 Å². The molecule has 0 unspecified atom stereocenters. The van der Waals surface area contributed by atoms with E-state index in [1.807, 2.05) is 18.1 Å². The molecule has 1 aromatic carbocycles. The third-order valence-corrected chi connectivity index (χ3v) is 1.84. The molecule has 2 radical (unpaired) electrons. The normalized spacial score (nSPS) is 13.8. The first-order valence-corrected chi connectivity index (χ1v) is 3.40. The van der Waals surface area contributed by atoms with Gasteiger partial charge in [0.15, 0.2) is 6.60 Å². The van der Waals surface area contributed by atoms with Gasteiger partial charge in [-0.1, -0.05) is 35.8 Å². The fraction of sp³-hybridized carbons (Fsp3) is 0. The van der Waals surface area contributed by atoms with Gasteiger partial charge in [0.2, 0.25) is 0 Å². The highest BCUT2D eigenvalue weighted by Gasteiger charge is 2.12. The summed E-state index contributed by atoms with van der Waals surface area (Å²) in [5, 5.41) is 0. The molecule has 1 heterocycles. The fourth-order valence-electron chi connectivity index (χ4n) is 1.28. The Balaban J connectivity index is 2.59. The average Bonchev–Trinajstić information content (AvgIpc) is 2.34. The molecule has 1 aliphatic heterocycles. The topological polar surface area (TPSA) is 0 Å². The van der Waals surface area contributed by atoms with Crippen LogP contribution in [0.15, 0.2) is 30.2 Å². The van der Waals surface area contributed by atoms with Crippen molar-refractivity contribution in [1.82, 2.24) is 0 Å². The van der Waals surface area contributed by atoms with E-state index in [4.69, 9.17) is 7.74 Å². The molecule has 0 nitrogen and oxygen atoms in total. The smallest absolute Gasteiger partial charge is 0.118 e. The Morgan fingerprint density at radius 1 is 1.20 bits per heavy atom. The summed E-state index contributed by atoms with van der Waals surface area (Å²) in [5.41, 5.74) is 2.50. The molecule has 0 spiro atoms. The van der Waals surface area contributed by atoms with Crippen LogP contribution in [0.2, 0.25) is 0 Å². The standard InChI is InChI=1S/C8H6B2/c9-10-6-5-7-3-1-2-4-8(7)10/h1-6H. The van der Waals surface area contributed by atoms with Gasteiger partial charge in [0.25, 0.3) is 0 Å². The van der Waals surface area contributed by atoms with E-state index < -0.39 is 0 Å². The lowest BCUT2D eigenvalue weighted by atomic mass is 9.31. The van der Waals surface area contributed by atoms with Crippen LogP contribution in [0.1, 0.15) is 5.56 Å². The quantitative estimate of drug-likeness (QED) is 0.444. The largest absolute Gasteiger partial charge is 0.152 e. The van der Waals surface area contributed by atoms with Crippen LogP contribution < -0.4 is 5.46 Å². The minimum Gasteiger partial charge on any atom is -0.118 e. The monoisotopic (exact) mass is 124 g/mol. The first-order valence-electron chi connectivity index (χ1n) is 3.40. The van der Waals surface area contributed by atoms with Crippen molar-refractivity contribution in [2.45, 2.75) is 0 Å². The molecule has 0 aliphatic carbocycles. The summed E-state index contributed by atoms with van der Waals surface area (Å²) in [4.78, 5) is 0. The van der Waals surface area contributed by atoms with Gasteiger partial charge in [-0.05, 0) is 5.56 Å². The predicted octanol–water partition coefficient (Wildman–Crippen LogP) is 0.620. The molecular formula is C8H6B2. The van der Waals surface area contributed by atoms with Crippen LogP contribution in [0.5, 0.6) is 0 Å². The van der Waals surface area contributed by atoms with Crippen LogP contribution in [0.25, 0.3) is 6.08 Å². The maximum absolute atomic E-state index is 5.76. The molecule has 1 aromatic rings. The van der Waals surface area contributed by atoms with Gasteiger partial charge < -0.3 is 0 Å². The minimum absolute atomic E-state index is 0.121. The zero-order chi connectivity index (χ0) is 6.97. The predicted molar refractivity (Wildman–Crippen MR) is 46.6 cm³/mol. The van der Waals surface area contributed by atoms with Crippen molar-refractivity contribution >= 4 is 25.9 Å². The molecule has 2 rings (SSSR count). The van der Waals surface area contributed by atoms with Gasteiger partial charge in [0.05, 0.1) is 0 Å². The van der Waals surface area contributed by atoms with Crippen LogP contribution in [0.3, 0.4) is 0 Å². The van der Waals surface area contributed by atoms with E-state index >= 15 is 0 Å². The van der Waals surface area contributed by atoms with E-state index in [1.165, 1.54) is 11.0 Å². The lowest BCUT2D eigenvalue weighted by Gasteiger charge is -1.99. The van der Waals surface area contributed by atoms with Gasteiger partial charge in [0, 0.05) is 7.74 Å². The molecular weight excluding hydrogens is 118 g/mol. The first-order chi connectivity index (χ1) is 4.88.